The maximum Gasteiger partial charge on any atom is 0.255 e. The predicted molar refractivity (Wildman–Crippen MR) is 107 cm³/mol. The number of anilines is 2. The molecule has 140 valence electrons. The predicted octanol–water partition coefficient (Wildman–Crippen LogP) is 4.42. The van der Waals surface area contributed by atoms with Gasteiger partial charge in [0.25, 0.3) is 5.91 Å². The number of aromatic nitrogens is 2. The normalized spacial score (nSPS) is 10.8. The third kappa shape index (κ3) is 3.64. The Morgan fingerprint density at radius 3 is 2.68 bits per heavy atom. The van der Waals surface area contributed by atoms with Crippen LogP contribution in [0.3, 0.4) is 0 Å². The lowest BCUT2D eigenvalue weighted by atomic mass is 10.1. The number of imidazole rings is 1. The van der Waals surface area contributed by atoms with Crippen LogP contribution in [-0.2, 0) is 4.79 Å². The number of carbonyl (C=O) groups excluding carboxylic acids is 2. The third-order valence-corrected chi connectivity index (χ3v) is 4.22. The van der Waals surface area contributed by atoms with Crippen molar-refractivity contribution in [1.82, 2.24) is 9.97 Å². The van der Waals surface area contributed by atoms with Gasteiger partial charge in [-0.2, -0.15) is 0 Å². The van der Waals surface area contributed by atoms with Gasteiger partial charge in [-0.3, -0.25) is 9.59 Å². The van der Waals surface area contributed by atoms with Gasteiger partial charge in [-0.05, 0) is 48.5 Å². The number of H-pyrrole nitrogens is 1. The average molecular weight is 374 g/mol. The second-order valence-electron chi connectivity index (χ2n) is 6.23. The molecule has 0 unspecified atom stereocenters. The number of carbonyl (C=O) groups is 2. The van der Waals surface area contributed by atoms with E-state index in [2.05, 4.69) is 20.6 Å². The van der Waals surface area contributed by atoms with Crippen LogP contribution in [-0.4, -0.2) is 21.8 Å². The Bertz CT molecular complexity index is 1150. The number of rotatable bonds is 5. The first-order valence-corrected chi connectivity index (χ1v) is 8.87. The molecule has 7 nitrogen and oxygen atoms in total. The maximum absolute atomic E-state index is 12.6. The monoisotopic (exact) mass is 374 g/mol. The van der Waals surface area contributed by atoms with E-state index in [-0.39, 0.29) is 11.8 Å². The van der Waals surface area contributed by atoms with Crippen LogP contribution in [0.5, 0.6) is 0 Å². The molecule has 2 amide bonds. The van der Waals surface area contributed by atoms with Crippen molar-refractivity contribution >= 4 is 34.2 Å². The lowest BCUT2D eigenvalue weighted by molar-refractivity contribution is -0.115. The molecule has 0 aliphatic carbocycles. The van der Waals surface area contributed by atoms with Crippen molar-refractivity contribution in [3.05, 3.63) is 66.4 Å². The Hall–Kier alpha value is -3.87. The fourth-order valence-corrected chi connectivity index (χ4v) is 2.81. The van der Waals surface area contributed by atoms with Gasteiger partial charge in [-0.1, -0.05) is 13.0 Å². The third-order valence-electron chi connectivity index (χ3n) is 4.22. The number of furan rings is 1. The van der Waals surface area contributed by atoms with Crippen molar-refractivity contribution in [3.63, 3.8) is 0 Å². The Kier molecular flexibility index (Phi) is 4.63. The van der Waals surface area contributed by atoms with Gasteiger partial charge in [0.1, 0.15) is 0 Å². The molecule has 0 saturated heterocycles. The Labute approximate surface area is 160 Å². The summed E-state index contributed by atoms with van der Waals surface area (Å²) in [5.74, 6) is 0.905. The molecule has 7 heteroatoms. The molecular weight excluding hydrogens is 356 g/mol. The van der Waals surface area contributed by atoms with Crippen LogP contribution in [0.25, 0.3) is 22.6 Å². The quantitative estimate of drug-likeness (QED) is 0.481. The lowest BCUT2D eigenvalue weighted by Crippen LogP contribution is -2.13. The zero-order valence-corrected chi connectivity index (χ0v) is 15.2. The summed E-state index contributed by atoms with van der Waals surface area (Å²) in [6.45, 7) is 1.77. The number of aromatic amines is 1. The van der Waals surface area contributed by atoms with Crippen LogP contribution in [0.2, 0.25) is 0 Å². The van der Waals surface area contributed by atoms with Gasteiger partial charge in [-0.25, -0.2) is 4.98 Å². The first-order chi connectivity index (χ1) is 13.6. The largest absolute Gasteiger partial charge is 0.461 e. The number of nitrogens with zero attached hydrogens (tertiary/aromatic N) is 1. The summed E-state index contributed by atoms with van der Waals surface area (Å²) in [6.07, 6.45) is 1.96. The van der Waals surface area contributed by atoms with Crippen molar-refractivity contribution in [3.8, 4) is 11.6 Å². The standard InChI is InChI=1S/C21H18N4O3/c1-2-19(26)22-14-6-3-5-13(11-14)21(27)23-15-8-9-16-17(12-15)25-20(24-16)18-7-4-10-28-18/h3-12H,2H2,1H3,(H,22,26)(H,23,27)(H,24,25). The van der Waals surface area contributed by atoms with Crippen molar-refractivity contribution < 1.29 is 14.0 Å². The summed E-state index contributed by atoms with van der Waals surface area (Å²) >= 11 is 0. The van der Waals surface area contributed by atoms with Gasteiger partial charge in [0.05, 0.1) is 17.3 Å². The second kappa shape index (κ2) is 7.40. The molecule has 0 aliphatic heterocycles. The zero-order valence-electron chi connectivity index (χ0n) is 15.2. The molecule has 0 bridgehead atoms. The molecule has 2 aromatic heterocycles. The van der Waals surface area contributed by atoms with Crippen LogP contribution in [0.4, 0.5) is 11.4 Å². The van der Waals surface area contributed by atoms with E-state index < -0.39 is 0 Å². The van der Waals surface area contributed by atoms with Gasteiger partial charge in [0.2, 0.25) is 5.91 Å². The first kappa shape index (κ1) is 17.5. The number of amides is 2. The highest BCUT2D eigenvalue weighted by Crippen LogP contribution is 2.23. The Morgan fingerprint density at radius 2 is 1.89 bits per heavy atom. The fourth-order valence-electron chi connectivity index (χ4n) is 2.81. The molecule has 3 N–H and O–H groups in total. The second-order valence-corrected chi connectivity index (χ2v) is 6.23. The molecule has 4 aromatic rings. The van der Waals surface area contributed by atoms with E-state index in [9.17, 15) is 9.59 Å². The highest BCUT2D eigenvalue weighted by atomic mass is 16.3. The molecular formula is C21H18N4O3. The molecule has 2 heterocycles. The van der Waals surface area contributed by atoms with Crippen LogP contribution in [0.1, 0.15) is 23.7 Å². The molecule has 28 heavy (non-hydrogen) atoms. The van der Waals surface area contributed by atoms with Crippen molar-refractivity contribution in [1.29, 1.82) is 0 Å². The van der Waals surface area contributed by atoms with Crippen LogP contribution in [0.15, 0.2) is 65.3 Å². The van der Waals surface area contributed by atoms with Gasteiger partial charge < -0.3 is 20.0 Å². The van der Waals surface area contributed by atoms with E-state index in [0.29, 0.717) is 34.9 Å². The molecule has 4 rings (SSSR count). The zero-order chi connectivity index (χ0) is 19.5. The van der Waals surface area contributed by atoms with Gasteiger partial charge >= 0.3 is 0 Å². The summed E-state index contributed by atoms with van der Waals surface area (Å²) in [5.41, 5.74) is 3.23. The van der Waals surface area contributed by atoms with Crippen LogP contribution >= 0.6 is 0 Å². The highest BCUT2D eigenvalue weighted by Gasteiger charge is 2.11. The molecule has 0 atom stereocenters. The van der Waals surface area contributed by atoms with Gasteiger partial charge in [-0.15, -0.1) is 0 Å². The Morgan fingerprint density at radius 1 is 1.04 bits per heavy atom. The van der Waals surface area contributed by atoms with E-state index in [4.69, 9.17) is 4.42 Å². The van der Waals surface area contributed by atoms with Crippen LogP contribution in [0, 0.1) is 0 Å². The summed E-state index contributed by atoms with van der Waals surface area (Å²) in [7, 11) is 0. The summed E-state index contributed by atoms with van der Waals surface area (Å²) < 4.78 is 5.36. The molecule has 0 aliphatic rings. The Balaban J connectivity index is 1.53. The van der Waals surface area contributed by atoms with Crippen LogP contribution < -0.4 is 10.6 Å². The van der Waals surface area contributed by atoms with Crippen molar-refractivity contribution in [2.24, 2.45) is 0 Å². The van der Waals surface area contributed by atoms with E-state index in [1.165, 1.54) is 0 Å². The topological polar surface area (TPSA) is 100 Å². The van der Waals surface area contributed by atoms with Crippen molar-refractivity contribution in [2.75, 3.05) is 10.6 Å². The number of hydrogen-bond donors (Lipinski definition) is 3. The van der Waals surface area contributed by atoms with E-state index >= 15 is 0 Å². The minimum Gasteiger partial charge on any atom is -0.461 e. The maximum atomic E-state index is 12.6. The van der Waals surface area contributed by atoms with Gasteiger partial charge in [0, 0.05) is 23.4 Å². The van der Waals surface area contributed by atoms with E-state index in [1.807, 2.05) is 18.2 Å². The number of nitrogens with one attached hydrogen (secondary N) is 3. The lowest BCUT2D eigenvalue weighted by Gasteiger charge is -2.08. The first-order valence-electron chi connectivity index (χ1n) is 8.87. The highest BCUT2D eigenvalue weighted by molar-refractivity contribution is 6.06. The molecule has 0 spiro atoms. The smallest absolute Gasteiger partial charge is 0.255 e. The number of fused-ring (bicyclic) bond motifs is 1. The minimum atomic E-state index is -0.266. The molecule has 0 radical (unpaired) electrons. The van der Waals surface area contributed by atoms with E-state index in [1.54, 1.807) is 49.6 Å². The minimum absolute atomic E-state index is 0.102. The van der Waals surface area contributed by atoms with Crippen molar-refractivity contribution in [2.45, 2.75) is 13.3 Å². The molecule has 0 fully saturated rings. The van der Waals surface area contributed by atoms with Gasteiger partial charge in [0.15, 0.2) is 11.6 Å². The number of benzene rings is 2. The molecule has 2 aromatic carbocycles. The number of hydrogen-bond acceptors (Lipinski definition) is 4. The fraction of sp³-hybridized carbons (Fsp3) is 0.0952. The molecule has 0 saturated carbocycles. The average Bonchev–Trinajstić information content (AvgIpc) is 3.37. The SMILES string of the molecule is CCC(=O)Nc1cccc(C(=O)Nc2ccc3nc(-c4ccco4)[nH]c3c2)c1. The summed E-state index contributed by atoms with van der Waals surface area (Å²) in [5, 5.41) is 5.62. The summed E-state index contributed by atoms with van der Waals surface area (Å²) in [4.78, 5) is 31.8. The van der Waals surface area contributed by atoms with E-state index in [0.717, 1.165) is 11.0 Å². The summed E-state index contributed by atoms with van der Waals surface area (Å²) in [6, 6.07) is 15.9.